The summed E-state index contributed by atoms with van der Waals surface area (Å²) in [5, 5.41) is 12.8. The molecule has 2 atom stereocenters. The molecule has 0 bridgehead atoms. The Hall–Kier alpha value is -1.36. The zero-order valence-electron chi connectivity index (χ0n) is 12.1. The molecule has 0 spiro atoms. The second-order valence-corrected chi connectivity index (χ2v) is 5.33. The van der Waals surface area contributed by atoms with Gasteiger partial charge in [-0.05, 0) is 25.7 Å². The highest BCUT2D eigenvalue weighted by molar-refractivity contribution is 5.47. The molecule has 5 heteroatoms. The Kier molecular flexibility index (Phi) is 4.58. The summed E-state index contributed by atoms with van der Waals surface area (Å²) in [6.07, 6.45) is 2.15. The quantitative estimate of drug-likeness (QED) is 0.849. The molecule has 1 aliphatic heterocycles. The van der Waals surface area contributed by atoms with Crippen molar-refractivity contribution < 1.29 is 5.11 Å². The third-order valence-electron chi connectivity index (χ3n) is 3.74. The van der Waals surface area contributed by atoms with Gasteiger partial charge in [-0.3, -0.25) is 0 Å². The van der Waals surface area contributed by atoms with E-state index in [4.69, 9.17) is 0 Å². The van der Waals surface area contributed by atoms with Crippen LogP contribution in [-0.4, -0.2) is 40.8 Å². The Morgan fingerprint density at radius 1 is 1.47 bits per heavy atom. The Morgan fingerprint density at radius 3 is 2.95 bits per heavy atom. The van der Waals surface area contributed by atoms with Crippen LogP contribution in [0.4, 0.5) is 11.8 Å². The lowest BCUT2D eigenvalue weighted by atomic mass is 10.0. The van der Waals surface area contributed by atoms with Crippen LogP contribution in [0.3, 0.4) is 0 Å². The van der Waals surface area contributed by atoms with Crippen molar-refractivity contribution in [2.45, 2.75) is 39.7 Å². The molecule has 0 radical (unpaired) electrons. The normalized spacial score (nSPS) is 22.8. The van der Waals surface area contributed by atoms with Gasteiger partial charge in [0.2, 0.25) is 5.95 Å². The minimum absolute atomic E-state index is 0.174. The standard InChI is InChI=1S/C14H24N4O/c1-4-6-15-14-16-11(3)8-13(17-14)18-7-5-10(2)12(18)9-19/h8,10,12,19H,4-7,9H2,1-3H3,(H,15,16,17). The van der Waals surface area contributed by atoms with Crippen molar-refractivity contribution in [1.82, 2.24) is 9.97 Å². The van der Waals surface area contributed by atoms with Crippen molar-refractivity contribution in [2.24, 2.45) is 5.92 Å². The van der Waals surface area contributed by atoms with Crippen LogP contribution in [0.5, 0.6) is 0 Å². The summed E-state index contributed by atoms with van der Waals surface area (Å²) in [6, 6.07) is 2.17. The number of aromatic nitrogens is 2. The van der Waals surface area contributed by atoms with E-state index >= 15 is 0 Å². The van der Waals surface area contributed by atoms with Crippen LogP contribution in [-0.2, 0) is 0 Å². The van der Waals surface area contributed by atoms with E-state index in [0.29, 0.717) is 11.9 Å². The summed E-state index contributed by atoms with van der Waals surface area (Å²) in [7, 11) is 0. The van der Waals surface area contributed by atoms with Crippen LogP contribution < -0.4 is 10.2 Å². The van der Waals surface area contributed by atoms with E-state index in [1.54, 1.807) is 0 Å². The van der Waals surface area contributed by atoms with E-state index < -0.39 is 0 Å². The Bertz CT molecular complexity index is 424. The van der Waals surface area contributed by atoms with Gasteiger partial charge >= 0.3 is 0 Å². The molecule has 2 unspecified atom stereocenters. The van der Waals surface area contributed by atoms with Gasteiger partial charge in [0.1, 0.15) is 5.82 Å². The van der Waals surface area contributed by atoms with Crippen LogP contribution in [0.15, 0.2) is 6.07 Å². The third-order valence-corrected chi connectivity index (χ3v) is 3.74. The Labute approximate surface area is 115 Å². The van der Waals surface area contributed by atoms with Gasteiger partial charge in [0.05, 0.1) is 12.6 Å². The highest BCUT2D eigenvalue weighted by Crippen LogP contribution is 2.28. The fourth-order valence-corrected chi connectivity index (χ4v) is 2.59. The molecule has 1 saturated heterocycles. The van der Waals surface area contributed by atoms with Gasteiger partial charge in [-0.25, -0.2) is 4.98 Å². The van der Waals surface area contributed by atoms with E-state index in [2.05, 4.69) is 34.0 Å². The molecule has 0 amide bonds. The van der Waals surface area contributed by atoms with Crippen molar-refractivity contribution in [2.75, 3.05) is 29.9 Å². The summed E-state index contributed by atoms with van der Waals surface area (Å²) in [6.45, 7) is 8.30. The fourth-order valence-electron chi connectivity index (χ4n) is 2.59. The Balaban J connectivity index is 2.21. The first-order valence-electron chi connectivity index (χ1n) is 7.12. The predicted octanol–water partition coefficient (Wildman–Crippen LogP) is 1.81. The Morgan fingerprint density at radius 2 is 2.26 bits per heavy atom. The number of anilines is 2. The lowest BCUT2D eigenvalue weighted by Gasteiger charge is -2.26. The number of nitrogens with zero attached hydrogens (tertiary/aromatic N) is 3. The first-order valence-corrected chi connectivity index (χ1v) is 7.12. The molecule has 0 aromatic carbocycles. The molecule has 0 aliphatic carbocycles. The van der Waals surface area contributed by atoms with E-state index in [0.717, 1.165) is 37.4 Å². The van der Waals surface area contributed by atoms with Crippen molar-refractivity contribution in [3.8, 4) is 0 Å². The van der Waals surface area contributed by atoms with Crippen LogP contribution in [0.1, 0.15) is 32.4 Å². The van der Waals surface area contributed by atoms with E-state index in [-0.39, 0.29) is 12.6 Å². The zero-order valence-corrected chi connectivity index (χ0v) is 12.1. The molecule has 2 N–H and O–H groups in total. The van der Waals surface area contributed by atoms with Crippen LogP contribution >= 0.6 is 0 Å². The second kappa shape index (κ2) is 6.19. The first kappa shape index (κ1) is 14.1. The molecule has 106 valence electrons. The summed E-state index contributed by atoms with van der Waals surface area (Å²) in [4.78, 5) is 11.2. The van der Waals surface area contributed by atoms with Crippen molar-refractivity contribution >= 4 is 11.8 Å². The maximum Gasteiger partial charge on any atom is 0.224 e. The van der Waals surface area contributed by atoms with Gasteiger partial charge in [-0.2, -0.15) is 4.98 Å². The van der Waals surface area contributed by atoms with Gasteiger partial charge in [0, 0.05) is 24.8 Å². The highest BCUT2D eigenvalue weighted by atomic mass is 16.3. The van der Waals surface area contributed by atoms with Gasteiger partial charge in [0.25, 0.3) is 0 Å². The minimum atomic E-state index is 0.174. The minimum Gasteiger partial charge on any atom is -0.394 e. The zero-order chi connectivity index (χ0) is 13.8. The summed E-state index contributed by atoms with van der Waals surface area (Å²) < 4.78 is 0. The second-order valence-electron chi connectivity index (χ2n) is 5.33. The monoisotopic (exact) mass is 264 g/mol. The smallest absolute Gasteiger partial charge is 0.224 e. The molecule has 1 aliphatic rings. The first-order chi connectivity index (χ1) is 9.15. The lowest BCUT2D eigenvalue weighted by Crippen LogP contribution is -2.36. The van der Waals surface area contributed by atoms with E-state index in [9.17, 15) is 5.11 Å². The number of nitrogens with one attached hydrogen (secondary N) is 1. The molecule has 5 nitrogen and oxygen atoms in total. The van der Waals surface area contributed by atoms with Crippen molar-refractivity contribution in [3.63, 3.8) is 0 Å². The molecule has 1 aromatic rings. The van der Waals surface area contributed by atoms with Crippen LogP contribution in [0.2, 0.25) is 0 Å². The van der Waals surface area contributed by atoms with Crippen LogP contribution in [0, 0.1) is 12.8 Å². The molecule has 19 heavy (non-hydrogen) atoms. The van der Waals surface area contributed by atoms with E-state index in [1.165, 1.54) is 0 Å². The molecule has 1 fully saturated rings. The largest absolute Gasteiger partial charge is 0.394 e. The van der Waals surface area contributed by atoms with Gasteiger partial charge in [0.15, 0.2) is 0 Å². The lowest BCUT2D eigenvalue weighted by molar-refractivity contribution is 0.244. The maximum atomic E-state index is 9.55. The number of hydrogen-bond acceptors (Lipinski definition) is 5. The predicted molar refractivity (Wildman–Crippen MR) is 77.6 cm³/mol. The number of aliphatic hydroxyl groups is 1. The van der Waals surface area contributed by atoms with Gasteiger partial charge in [-0.15, -0.1) is 0 Å². The highest BCUT2D eigenvalue weighted by Gasteiger charge is 2.31. The maximum absolute atomic E-state index is 9.55. The SMILES string of the molecule is CCCNc1nc(C)cc(N2CCC(C)C2CO)n1. The van der Waals surface area contributed by atoms with Crippen molar-refractivity contribution in [3.05, 3.63) is 11.8 Å². The molecule has 0 saturated carbocycles. The number of hydrogen-bond donors (Lipinski definition) is 2. The number of rotatable bonds is 5. The molecular weight excluding hydrogens is 240 g/mol. The van der Waals surface area contributed by atoms with Crippen LogP contribution in [0.25, 0.3) is 0 Å². The molecule has 2 heterocycles. The summed E-state index contributed by atoms with van der Waals surface area (Å²) >= 11 is 0. The van der Waals surface area contributed by atoms with Gasteiger partial charge < -0.3 is 15.3 Å². The fraction of sp³-hybridized carbons (Fsp3) is 0.714. The van der Waals surface area contributed by atoms with E-state index in [1.807, 2.05) is 13.0 Å². The number of aliphatic hydroxyl groups excluding tert-OH is 1. The van der Waals surface area contributed by atoms with Crippen molar-refractivity contribution in [1.29, 1.82) is 0 Å². The molecular formula is C14H24N4O. The average Bonchev–Trinajstić information content (AvgIpc) is 2.76. The number of aryl methyl sites for hydroxylation is 1. The molecule has 2 rings (SSSR count). The third kappa shape index (κ3) is 3.15. The topological polar surface area (TPSA) is 61.3 Å². The molecule has 1 aromatic heterocycles. The summed E-state index contributed by atoms with van der Waals surface area (Å²) in [5.41, 5.74) is 0.958. The average molecular weight is 264 g/mol. The van der Waals surface area contributed by atoms with Gasteiger partial charge in [-0.1, -0.05) is 13.8 Å². The summed E-state index contributed by atoms with van der Waals surface area (Å²) in [5.74, 6) is 2.12.